The average molecular weight is 298 g/mol. The lowest BCUT2D eigenvalue weighted by Gasteiger charge is -2.19. The number of fused-ring (bicyclic) bond motifs is 1. The molecule has 3 rings (SSSR count). The van der Waals surface area contributed by atoms with Crippen molar-refractivity contribution in [1.82, 2.24) is 9.97 Å². The summed E-state index contributed by atoms with van der Waals surface area (Å²) in [6, 6.07) is 10.6. The molecule has 0 aliphatic heterocycles. The summed E-state index contributed by atoms with van der Waals surface area (Å²) in [6.45, 7) is 0.831. The fraction of sp³-hybridized carbons (Fsp3) is 0.250. The predicted octanol–water partition coefficient (Wildman–Crippen LogP) is 3.39. The van der Waals surface area contributed by atoms with Crippen molar-refractivity contribution in [3.05, 3.63) is 47.6 Å². The number of thiophene rings is 1. The minimum absolute atomic E-state index is 0.831. The molecule has 5 heteroatoms. The molecule has 0 N–H and O–H groups in total. The van der Waals surface area contributed by atoms with Crippen LogP contribution in [0.2, 0.25) is 0 Å². The van der Waals surface area contributed by atoms with Gasteiger partial charge in [-0.1, -0.05) is 12.1 Å². The maximum atomic E-state index is 4.44. The summed E-state index contributed by atoms with van der Waals surface area (Å²) in [5.74, 6) is 0.992. The molecule has 1 aromatic carbocycles. The Kier molecular flexibility index (Phi) is 3.75. The third-order valence-corrected chi connectivity index (χ3v) is 4.36. The summed E-state index contributed by atoms with van der Waals surface area (Å²) >= 11 is 1.69. The summed E-state index contributed by atoms with van der Waals surface area (Å²) < 4.78 is 1.14. The first-order valence-corrected chi connectivity index (χ1v) is 7.69. The molecule has 108 valence electrons. The second-order valence-corrected chi connectivity index (χ2v) is 6.17. The molecule has 0 aliphatic carbocycles. The molecule has 0 amide bonds. The van der Waals surface area contributed by atoms with Crippen LogP contribution in [0.5, 0.6) is 0 Å². The maximum absolute atomic E-state index is 4.44. The third-order valence-electron chi connectivity index (χ3n) is 3.46. The maximum Gasteiger partial charge on any atom is 0.150 e. The van der Waals surface area contributed by atoms with E-state index < -0.39 is 0 Å². The van der Waals surface area contributed by atoms with Gasteiger partial charge in [0.05, 0.1) is 10.2 Å². The Morgan fingerprint density at radius 2 is 1.76 bits per heavy atom. The van der Waals surface area contributed by atoms with Crippen LogP contribution in [0.3, 0.4) is 0 Å². The highest BCUT2D eigenvalue weighted by molar-refractivity contribution is 7.17. The predicted molar refractivity (Wildman–Crippen MR) is 90.3 cm³/mol. The van der Waals surface area contributed by atoms with Gasteiger partial charge in [0.1, 0.15) is 12.1 Å². The summed E-state index contributed by atoms with van der Waals surface area (Å²) in [6.07, 6.45) is 1.63. The molecule has 0 saturated heterocycles. The summed E-state index contributed by atoms with van der Waals surface area (Å²) in [4.78, 5) is 13.0. The quantitative estimate of drug-likeness (QED) is 0.739. The first kappa shape index (κ1) is 13.8. The van der Waals surface area contributed by atoms with E-state index in [1.54, 1.807) is 17.7 Å². The Hall–Kier alpha value is -2.14. The minimum atomic E-state index is 0.831. The number of aromatic nitrogens is 2. The SMILES string of the molecule is CN(C)c1ccc(CN(C)c2ncnc3ccsc23)cc1. The van der Waals surface area contributed by atoms with E-state index in [0.29, 0.717) is 0 Å². The van der Waals surface area contributed by atoms with E-state index in [2.05, 4.69) is 70.6 Å². The zero-order valence-corrected chi connectivity index (χ0v) is 13.3. The van der Waals surface area contributed by atoms with Gasteiger partial charge in [-0.15, -0.1) is 11.3 Å². The molecule has 4 nitrogen and oxygen atoms in total. The summed E-state index contributed by atoms with van der Waals surface area (Å²) in [5, 5.41) is 2.06. The molecule has 0 saturated carbocycles. The Balaban J connectivity index is 1.82. The monoisotopic (exact) mass is 298 g/mol. The Labute approximate surface area is 128 Å². The van der Waals surface area contributed by atoms with E-state index in [9.17, 15) is 0 Å². The number of hydrogen-bond acceptors (Lipinski definition) is 5. The van der Waals surface area contributed by atoms with Gasteiger partial charge in [-0.3, -0.25) is 0 Å². The van der Waals surface area contributed by atoms with E-state index in [1.807, 2.05) is 6.07 Å². The van der Waals surface area contributed by atoms with Crippen molar-refractivity contribution in [2.45, 2.75) is 6.54 Å². The Morgan fingerprint density at radius 3 is 2.48 bits per heavy atom. The zero-order valence-electron chi connectivity index (χ0n) is 12.4. The van der Waals surface area contributed by atoms with E-state index in [1.165, 1.54) is 11.3 Å². The number of benzene rings is 1. The highest BCUT2D eigenvalue weighted by Gasteiger charge is 2.10. The largest absolute Gasteiger partial charge is 0.378 e. The highest BCUT2D eigenvalue weighted by Crippen LogP contribution is 2.28. The van der Waals surface area contributed by atoms with Crippen molar-refractivity contribution in [3.8, 4) is 0 Å². The lowest BCUT2D eigenvalue weighted by Crippen LogP contribution is -2.18. The molecular weight excluding hydrogens is 280 g/mol. The third kappa shape index (κ3) is 2.83. The van der Waals surface area contributed by atoms with Crippen LogP contribution in [0.4, 0.5) is 11.5 Å². The lowest BCUT2D eigenvalue weighted by atomic mass is 10.2. The second kappa shape index (κ2) is 5.69. The van der Waals surface area contributed by atoms with Crippen LogP contribution in [0.25, 0.3) is 10.2 Å². The van der Waals surface area contributed by atoms with Gasteiger partial charge in [-0.2, -0.15) is 0 Å². The van der Waals surface area contributed by atoms with E-state index in [-0.39, 0.29) is 0 Å². The molecule has 0 aliphatic rings. The van der Waals surface area contributed by atoms with Crippen molar-refractivity contribution >= 4 is 33.1 Å². The zero-order chi connectivity index (χ0) is 14.8. The van der Waals surface area contributed by atoms with Gasteiger partial charge in [0.25, 0.3) is 0 Å². The first-order valence-electron chi connectivity index (χ1n) is 6.81. The molecule has 2 heterocycles. The van der Waals surface area contributed by atoms with Crippen LogP contribution in [-0.4, -0.2) is 31.1 Å². The molecule has 0 unspecified atom stereocenters. The molecule has 3 aromatic rings. The molecule has 0 fully saturated rings. The molecule has 0 spiro atoms. The summed E-state index contributed by atoms with van der Waals surface area (Å²) in [5.41, 5.74) is 3.50. The fourth-order valence-electron chi connectivity index (χ4n) is 2.30. The van der Waals surface area contributed by atoms with E-state index in [0.717, 1.165) is 22.6 Å². The Morgan fingerprint density at radius 1 is 1.00 bits per heavy atom. The van der Waals surface area contributed by atoms with Crippen molar-refractivity contribution in [2.75, 3.05) is 30.9 Å². The van der Waals surface area contributed by atoms with Gasteiger partial charge < -0.3 is 9.80 Å². The van der Waals surface area contributed by atoms with Crippen LogP contribution >= 0.6 is 11.3 Å². The standard InChI is InChI=1S/C16H18N4S/c1-19(2)13-6-4-12(5-7-13)10-20(3)16-15-14(8-9-21-15)17-11-18-16/h4-9,11H,10H2,1-3H3. The van der Waals surface area contributed by atoms with Crippen LogP contribution in [-0.2, 0) is 6.54 Å². The highest BCUT2D eigenvalue weighted by atomic mass is 32.1. The van der Waals surface area contributed by atoms with Crippen molar-refractivity contribution in [1.29, 1.82) is 0 Å². The topological polar surface area (TPSA) is 32.3 Å². The summed E-state index contributed by atoms with van der Waals surface area (Å²) in [7, 11) is 6.17. The Bertz CT molecular complexity index is 733. The van der Waals surface area contributed by atoms with Gasteiger partial charge in [0, 0.05) is 33.4 Å². The molecule has 0 radical (unpaired) electrons. The molecule has 2 aromatic heterocycles. The van der Waals surface area contributed by atoms with Crippen LogP contribution in [0.1, 0.15) is 5.56 Å². The van der Waals surface area contributed by atoms with E-state index >= 15 is 0 Å². The lowest BCUT2D eigenvalue weighted by molar-refractivity contribution is 0.901. The van der Waals surface area contributed by atoms with Crippen LogP contribution < -0.4 is 9.80 Å². The second-order valence-electron chi connectivity index (χ2n) is 5.25. The van der Waals surface area contributed by atoms with Gasteiger partial charge in [-0.25, -0.2) is 9.97 Å². The van der Waals surface area contributed by atoms with Crippen molar-refractivity contribution < 1.29 is 0 Å². The minimum Gasteiger partial charge on any atom is -0.378 e. The molecular formula is C16H18N4S. The van der Waals surface area contributed by atoms with Crippen LogP contribution in [0, 0.1) is 0 Å². The first-order chi connectivity index (χ1) is 10.1. The molecule has 21 heavy (non-hydrogen) atoms. The fourth-order valence-corrected chi connectivity index (χ4v) is 3.18. The van der Waals surface area contributed by atoms with Gasteiger partial charge >= 0.3 is 0 Å². The van der Waals surface area contributed by atoms with Gasteiger partial charge in [0.15, 0.2) is 0 Å². The van der Waals surface area contributed by atoms with Crippen LogP contribution in [0.15, 0.2) is 42.0 Å². The van der Waals surface area contributed by atoms with Gasteiger partial charge in [-0.05, 0) is 29.1 Å². The molecule has 0 bridgehead atoms. The van der Waals surface area contributed by atoms with Crippen molar-refractivity contribution in [2.24, 2.45) is 0 Å². The number of nitrogens with zero attached hydrogens (tertiary/aromatic N) is 4. The number of anilines is 2. The number of rotatable bonds is 4. The van der Waals surface area contributed by atoms with E-state index in [4.69, 9.17) is 0 Å². The normalized spacial score (nSPS) is 10.8. The molecule has 0 atom stereocenters. The number of hydrogen-bond donors (Lipinski definition) is 0. The van der Waals surface area contributed by atoms with Crippen molar-refractivity contribution in [3.63, 3.8) is 0 Å². The smallest absolute Gasteiger partial charge is 0.150 e. The van der Waals surface area contributed by atoms with Gasteiger partial charge in [0.2, 0.25) is 0 Å². The average Bonchev–Trinajstić information content (AvgIpc) is 2.96.